The zero-order valence-electron chi connectivity index (χ0n) is 15.1. The van der Waals surface area contributed by atoms with E-state index in [1.165, 1.54) is 20.3 Å². The van der Waals surface area contributed by atoms with Gasteiger partial charge in [0.05, 0.1) is 35.4 Å². The fourth-order valence-corrected chi connectivity index (χ4v) is 3.85. The summed E-state index contributed by atoms with van der Waals surface area (Å²) in [6.45, 7) is 3.56. The van der Waals surface area contributed by atoms with Crippen molar-refractivity contribution in [3.8, 4) is 0 Å². The van der Waals surface area contributed by atoms with Crippen LogP contribution in [-0.2, 0) is 24.6 Å². The van der Waals surface area contributed by atoms with Gasteiger partial charge in [0.15, 0.2) is 0 Å². The Morgan fingerprint density at radius 3 is 1.57 bits per heavy atom. The molecule has 0 aromatic heterocycles. The third kappa shape index (κ3) is 8.11. The van der Waals surface area contributed by atoms with Gasteiger partial charge in [-0.15, -0.1) is 0 Å². The number of aryl methyl sites for hydroxylation is 2. The van der Waals surface area contributed by atoms with Crippen LogP contribution < -0.4 is 0 Å². The number of benzene rings is 2. The zero-order chi connectivity index (χ0) is 22.0. The van der Waals surface area contributed by atoms with Gasteiger partial charge in [0.1, 0.15) is 0 Å². The molecule has 0 amide bonds. The van der Waals surface area contributed by atoms with E-state index in [9.17, 15) is 9.59 Å². The van der Waals surface area contributed by atoms with Crippen molar-refractivity contribution in [2.45, 2.75) is 13.8 Å². The summed E-state index contributed by atoms with van der Waals surface area (Å²) in [7, 11) is 6.85. The fraction of sp³-hybridized carbons (Fsp3) is 0.222. The van der Waals surface area contributed by atoms with E-state index in [4.69, 9.17) is 34.8 Å². The van der Waals surface area contributed by atoms with E-state index in [1.54, 1.807) is 19.1 Å². The molecule has 0 aliphatic rings. The van der Waals surface area contributed by atoms with Crippen molar-refractivity contribution in [1.29, 1.82) is 0 Å². The number of carbonyl (C=O) groups excluding carboxylic acids is 2. The molecule has 158 valence electrons. The van der Waals surface area contributed by atoms with Crippen LogP contribution in [0.4, 0.5) is 0 Å². The van der Waals surface area contributed by atoms with E-state index in [0.717, 1.165) is 10.0 Å². The van der Waals surface area contributed by atoms with Crippen LogP contribution in [0.25, 0.3) is 0 Å². The first-order chi connectivity index (χ1) is 13.1. The summed E-state index contributed by atoms with van der Waals surface area (Å²) in [6, 6.07) is 6.67. The second kappa shape index (κ2) is 13.7. The number of hydrogen-bond acceptors (Lipinski definition) is 4. The van der Waals surface area contributed by atoms with Crippen LogP contribution in [0.3, 0.4) is 0 Å². The molecule has 0 N–H and O–H groups in total. The number of hydrogen-bond donors (Lipinski definition) is 0. The number of esters is 2. The van der Waals surface area contributed by atoms with Gasteiger partial charge in [0, 0.05) is 9.50 Å². The van der Waals surface area contributed by atoms with Gasteiger partial charge >= 0.3 is 37.1 Å². The van der Waals surface area contributed by atoms with Gasteiger partial charge in [0.25, 0.3) is 0 Å². The van der Waals surface area contributed by atoms with Crippen molar-refractivity contribution in [2.24, 2.45) is 0 Å². The second-order valence-electron chi connectivity index (χ2n) is 5.14. The molecule has 0 atom stereocenters. The van der Waals surface area contributed by atoms with Crippen molar-refractivity contribution >= 4 is 72.8 Å². The third-order valence-corrected chi connectivity index (χ3v) is 4.56. The molecule has 0 unspecified atom stereocenters. The van der Waals surface area contributed by atoms with Crippen LogP contribution in [0.5, 0.6) is 0 Å². The summed E-state index contributed by atoms with van der Waals surface area (Å²) in [5.41, 5.74) is 2.30. The van der Waals surface area contributed by atoms with Crippen LogP contribution in [0, 0.1) is 13.8 Å². The molecule has 4 nitrogen and oxygen atoms in total. The first-order valence-corrected chi connectivity index (χ1v) is 10.5. The van der Waals surface area contributed by atoms with Gasteiger partial charge in [-0.2, -0.15) is 0 Å². The first-order valence-electron chi connectivity index (χ1n) is 7.31. The Kier molecular flexibility index (Phi) is 13.5. The maximum atomic E-state index is 11.2. The molecule has 2 aromatic carbocycles. The van der Waals surface area contributed by atoms with E-state index in [0.29, 0.717) is 31.8 Å². The number of rotatable bonds is 2. The molecule has 0 bridgehead atoms. The molecule has 0 aliphatic heterocycles. The van der Waals surface area contributed by atoms with E-state index in [-0.39, 0.29) is 0 Å². The number of ether oxygens (including phenoxy) is 2. The summed E-state index contributed by atoms with van der Waals surface area (Å²) in [6.07, 6.45) is 0. The van der Waals surface area contributed by atoms with Gasteiger partial charge in [-0.1, -0.05) is 50.7 Å². The maximum absolute atomic E-state index is 11.2. The van der Waals surface area contributed by atoms with Gasteiger partial charge in [0.2, 0.25) is 0 Å². The van der Waals surface area contributed by atoms with E-state index in [1.807, 2.05) is 13.0 Å². The molecule has 10 heteroatoms. The van der Waals surface area contributed by atoms with Crippen molar-refractivity contribution in [1.82, 2.24) is 0 Å². The molecular weight excluding hydrogens is 565 g/mol. The third-order valence-electron chi connectivity index (χ3n) is 3.28. The minimum absolute atomic E-state index is 0.317. The summed E-state index contributed by atoms with van der Waals surface area (Å²) >= 11 is 24.4. The zero-order valence-corrected chi connectivity index (χ0v) is 20.7. The summed E-state index contributed by atoms with van der Waals surface area (Å²) in [5, 5.41) is 1.23. The van der Waals surface area contributed by atoms with Crippen molar-refractivity contribution < 1.29 is 34.2 Å². The van der Waals surface area contributed by atoms with Gasteiger partial charge in [-0.25, -0.2) is 9.59 Å². The number of carbonyl (C=O) groups is 2. The normalized spacial score (nSPS) is 9.39. The molecule has 0 saturated carbocycles. The minimum atomic E-state index is -0.445. The van der Waals surface area contributed by atoms with E-state index in [2.05, 4.69) is 50.6 Å². The molecule has 0 aliphatic carbocycles. The van der Waals surface area contributed by atoms with Crippen LogP contribution in [-0.4, -0.2) is 26.2 Å². The summed E-state index contributed by atoms with van der Waals surface area (Å²) in [4.78, 5) is 22.5. The van der Waals surface area contributed by atoms with E-state index >= 15 is 0 Å². The average Bonchev–Trinajstić information content (AvgIpc) is 2.61. The standard InChI is InChI=1S/C9H8BrClO2.C9H8Cl2O2.ClH.Cu/c2*1-5-3-6(10)4-7(11)8(5)9(12)13-2;;/h2*3-4H,1-2H3;1H;/q;;;+1/p-1. The van der Waals surface area contributed by atoms with Crippen LogP contribution in [0.2, 0.25) is 15.1 Å². The Hall–Kier alpha value is -0.461. The van der Waals surface area contributed by atoms with Gasteiger partial charge in [-0.3, -0.25) is 0 Å². The molecule has 0 radical (unpaired) electrons. The quantitative estimate of drug-likeness (QED) is 0.284. The first kappa shape index (κ1) is 27.5. The molecule has 0 heterocycles. The fourth-order valence-electron chi connectivity index (χ4n) is 2.13. The predicted octanol–water partition coefficient (Wildman–Crippen LogP) is 6.97. The Balaban J connectivity index is 0.000000478. The Bertz CT molecular complexity index is 731. The van der Waals surface area contributed by atoms with Crippen molar-refractivity contribution in [2.75, 3.05) is 14.2 Å². The molecule has 0 fully saturated rings. The van der Waals surface area contributed by atoms with E-state index < -0.39 is 11.9 Å². The molecule has 0 saturated heterocycles. The Labute approximate surface area is 199 Å². The molecule has 2 rings (SSSR count). The second-order valence-corrected chi connectivity index (χ2v) is 7.31. The number of halogens is 5. The average molecular weight is 582 g/mol. The van der Waals surface area contributed by atoms with Gasteiger partial charge in [-0.05, 0) is 49.2 Å². The Morgan fingerprint density at radius 1 is 0.821 bits per heavy atom. The summed E-state index contributed by atoms with van der Waals surface area (Å²) in [5.74, 6) is -0.853. The van der Waals surface area contributed by atoms with Crippen molar-refractivity contribution in [3.05, 3.63) is 66.1 Å². The topological polar surface area (TPSA) is 52.6 Å². The van der Waals surface area contributed by atoms with Crippen LogP contribution in [0.1, 0.15) is 31.8 Å². The Morgan fingerprint density at radius 2 is 1.21 bits per heavy atom. The van der Waals surface area contributed by atoms with Gasteiger partial charge < -0.3 is 9.47 Å². The number of methoxy groups -OCH3 is 2. The molecule has 2 aromatic rings. The van der Waals surface area contributed by atoms with Crippen molar-refractivity contribution in [3.63, 3.8) is 0 Å². The molecule has 28 heavy (non-hydrogen) atoms. The SMILES string of the molecule is COC(=O)c1c(C)cc(Br)cc1Cl.COC(=O)c1c(C)cc(Cl)cc1Cl.[Cl][Cu]. The summed E-state index contributed by atoms with van der Waals surface area (Å²) < 4.78 is 10.0. The molecule has 0 spiro atoms. The monoisotopic (exact) mass is 578 g/mol. The predicted molar refractivity (Wildman–Crippen MR) is 114 cm³/mol. The van der Waals surface area contributed by atoms with Crippen LogP contribution >= 0.6 is 60.8 Å². The molecular formula is C18H16BrCl4CuO4. The van der Waals surface area contributed by atoms with Crippen LogP contribution in [0.15, 0.2) is 28.7 Å².